The van der Waals surface area contributed by atoms with Gasteiger partial charge < -0.3 is 0 Å². The van der Waals surface area contributed by atoms with Crippen LogP contribution in [0.2, 0.25) is 0 Å². The molecule has 2 unspecified atom stereocenters. The third-order valence-corrected chi connectivity index (χ3v) is 3.07. The van der Waals surface area contributed by atoms with Gasteiger partial charge in [-0.2, -0.15) is 0 Å². The lowest BCUT2D eigenvalue weighted by Gasteiger charge is -2.06. The van der Waals surface area contributed by atoms with Gasteiger partial charge in [-0.1, -0.05) is 74.1 Å². The molecule has 2 atom stereocenters. The molecule has 0 bridgehead atoms. The molecule has 17 heavy (non-hydrogen) atoms. The molecular formula is C17H20. The lowest BCUT2D eigenvalue weighted by molar-refractivity contribution is 0.919. The maximum absolute atomic E-state index is 2.33. The molecule has 0 saturated heterocycles. The van der Waals surface area contributed by atoms with Crippen LogP contribution >= 0.6 is 0 Å². The highest BCUT2D eigenvalue weighted by atomic mass is 14.1. The zero-order valence-corrected chi connectivity index (χ0v) is 10.9. The van der Waals surface area contributed by atoms with E-state index in [4.69, 9.17) is 0 Å². The smallest absolute Gasteiger partial charge is 0.00670 e. The molecule has 0 amide bonds. The molecule has 0 radical (unpaired) electrons. The third-order valence-electron chi connectivity index (χ3n) is 3.07. The van der Waals surface area contributed by atoms with Crippen LogP contribution in [0.3, 0.4) is 0 Å². The Morgan fingerprint density at radius 2 is 1.47 bits per heavy atom. The number of rotatable bonds is 1. The zero-order valence-electron chi connectivity index (χ0n) is 10.9. The molecular weight excluding hydrogens is 204 g/mol. The first-order valence-corrected chi connectivity index (χ1v) is 6.30. The third kappa shape index (κ3) is 3.20. The highest BCUT2D eigenvalue weighted by molar-refractivity contribution is 5.51. The largest absolute Gasteiger partial charge is 0.0779 e. The van der Waals surface area contributed by atoms with E-state index in [0.717, 1.165) is 0 Å². The van der Waals surface area contributed by atoms with Gasteiger partial charge in [-0.15, -0.1) is 0 Å². The van der Waals surface area contributed by atoms with Gasteiger partial charge in [-0.25, -0.2) is 0 Å². The zero-order chi connectivity index (χ0) is 12.3. The Bertz CT molecular complexity index is 464. The molecule has 0 spiro atoms. The highest BCUT2D eigenvalue weighted by Crippen LogP contribution is 2.24. The fourth-order valence-corrected chi connectivity index (χ4v) is 2.26. The van der Waals surface area contributed by atoms with Crippen LogP contribution < -0.4 is 0 Å². The molecule has 0 heterocycles. The minimum Gasteiger partial charge on any atom is -0.0779 e. The Balaban J connectivity index is 2.32. The summed E-state index contributed by atoms with van der Waals surface area (Å²) in [5.41, 5.74) is 4.00. The molecule has 0 aromatic carbocycles. The van der Waals surface area contributed by atoms with E-state index in [9.17, 15) is 0 Å². The van der Waals surface area contributed by atoms with Crippen molar-refractivity contribution in [3.05, 3.63) is 71.4 Å². The fraction of sp³-hybridized carbons (Fsp3) is 0.294. The van der Waals surface area contributed by atoms with Crippen LogP contribution in [-0.2, 0) is 0 Å². The van der Waals surface area contributed by atoms with Crippen LogP contribution in [0, 0.1) is 11.8 Å². The summed E-state index contributed by atoms with van der Waals surface area (Å²) < 4.78 is 0. The fourth-order valence-electron chi connectivity index (χ4n) is 2.26. The summed E-state index contributed by atoms with van der Waals surface area (Å²) in [6.07, 6.45) is 20.1. The molecule has 2 rings (SSSR count). The standard InChI is InChI=1S/C17H20/c1-13-6-4-5-7-16(11-13)17-9-8-14(2)10-15(3)12-17/h4-13,15H,1-3H3. The first kappa shape index (κ1) is 11.9. The van der Waals surface area contributed by atoms with Crippen molar-refractivity contribution in [2.24, 2.45) is 11.8 Å². The van der Waals surface area contributed by atoms with E-state index in [1.165, 1.54) is 16.7 Å². The van der Waals surface area contributed by atoms with Gasteiger partial charge in [0.15, 0.2) is 0 Å². The molecule has 0 aliphatic heterocycles. The van der Waals surface area contributed by atoms with Crippen LogP contribution in [0.15, 0.2) is 71.4 Å². The van der Waals surface area contributed by atoms with Crippen LogP contribution in [0.5, 0.6) is 0 Å². The number of hydrogen-bond donors (Lipinski definition) is 0. The monoisotopic (exact) mass is 224 g/mol. The first-order chi connectivity index (χ1) is 8.15. The van der Waals surface area contributed by atoms with E-state index >= 15 is 0 Å². The molecule has 0 heteroatoms. The second-order valence-corrected chi connectivity index (χ2v) is 4.95. The Hall–Kier alpha value is -1.56. The van der Waals surface area contributed by atoms with Crippen molar-refractivity contribution < 1.29 is 0 Å². The van der Waals surface area contributed by atoms with Gasteiger partial charge in [0.2, 0.25) is 0 Å². The maximum atomic E-state index is 2.33. The van der Waals surface area contributed by atoms with E-state index in [1.54, 1.807) is 0 Å². The van der Waals surface area contributed by atoms with Crippen molar-refractivity contribution in [3.63, 3.8) is 0 Å². The Kier molecular flexibility index (Phi) is 3.63. The van der Waals surface area contributed by atoms with Gasteiger partial charge in [0.25, 0.3) is 0 Å². The summed E-state index contributed by atoms with van der Waals surface area (Å²) in [5.74, 6) is 1.00. The number of hydrogen-bond acceptors (Lipinski definition) is 0. The Labute approximate surface area is 104 Å². The van der Waals surface area contributed by atoms with E-state index in [2.05, 4.69) is 75.5 Å². The normalized spacial score (nSPS) is 28.1. The van der Waals surface area contributed by atoms with Crippen molar-refractivity contribution in [2.45, 2.75) is 20.8 Å². The summed E-state index contributed by atoms with van der Waals surface area (Å²) in [5, 5.41) is 0. The van der Waals surface area contributed by atoms with Crippen molar-refractivity contribution in [3.8, 4) is 0 Å². The van der Waals surface area contributed by atoms with Gasteiger partial charge >= 0.3 is 0 Å². The SMILES string of the molecule is CC1=CC(C)C=C(C2=CC(C)C=CC=C2)C=C1. The second kappa shape index (κ2) is 5.18. The van der Waals surface area contributed by atoms with Crippen molar-refractivity contribution >= 4 is 0 Å². The molecule has 2 aliphatic carbocycles. The average molecular weight is 224 g/mol. The molecule has 0 saturated carbocycles. The summed E-state index contributed by atoms with van der Waals surface area (Å²) in [6, 6.07) is 0. The van der Waals surface area contributed by atoms with Gasteiger partial charge in [-0.3, -0.25) is 0 Å². The quantitative estimate of drug-likeness (QED) is 0.602. The van der Waals surface area contributed by atoms with Crippen molar-refractivity contribution in [1.29, 1.82) is 0 Å². The highest BCUT2D eigenvalue weighted by Gasteiger charge is 2.07. The molecule has 0 aromatic heterocycles. The topological polar surface area (TPSA) is 0 Å². The van der Waals surface area contributed by atoms with Crippen LogP contribution in [-0.4, -0.2) is 0 Å². The number of allylic oxidation sites excluding steroid dienone is 12. The minimum absolute atomic E-state index is 0.501. The molecule has 2 aliphatic rings. The van der Waals surface area contributed by atoms with Gasteiger partial charge in [0, 0.05) is 0 Å². The van der Waals surface area contributed by atoms with Crippen molar-refractivity contribution in [1.82, 2.24) is 0 Å². The minimum atomic E-state index is 0.501. The van der Waals surface area contributed by atoms with Crippen molar-refractivity contribution in [2.75, 3.05) is 0 Å². The Morgan fingerprint density at radius 3 is 2.29 bits per heavy atom. The van der Waals surface area contributed by atoms with Crippen LogP contribution in [0.4, 0.5) is 0 Å². The first-order valence-electron chi connectivity index (χ1n) is 6.30. The predicted octanol–water partition coefficient (Wildman–Crippen LogP) is 4.75. The second-order valence-electron chi connectivity index (χ2n) is 4.95. The maximum Gasteiger partial charge on any atom is -0.00670 e. The molecule has 0 aromatic rings. The van der Waals surface area contributed by atoms with E-state index in [0.29, 0.717) is 11.8 Å². The van der Waals surface area contributed by atoms with Crippen LogP contribution in [0.25, 0.3) is 0 Å². The van der Waals surface area contributed by atoms with Crippen LogP contribution in [0.1, 0.15) is 20.8 Å². The molecule has 0 nitrogen and oxygen atoms in total. The van der Waals surface area contributed by atoms with Gasteiger partial charge in [0.05, 0.1) is 0 Å². The lowest BCUT2D eigenvalue weighted by atomic mass is 9.98. The Morgan fingerprint density at radius 1 is 0.765 bits per heavy atom. The molecule has 0 N–H and O–H groups in total. The summed E-state index contributed by atoms with van der Waals surface area (Å²) in [6.45, 7) is 6.61. The summed E-state index contributed by atoms with van der Waals surface area (Å²) >= 11 is 0. The van der Waals surface area contributed by atoms with E-state index < -0.39 is 0 Å². The average Bonchev–Trinajstić information content (AvgIpc) is 2.56. The molecule has 88 valence electrons. The van der Waals surface area contributed by atoms with Gasteiger partial charge in [0.1, 0.15) is 0 Å². The van der Waals surface area contributed by atoms with Gasteiger partial charge in [-0.05, 0) is 29.9 Å². The van der Waals surface area contributed by atoms with E-state index in [1.807, 2.05) is 0 Å². The molecule has 0 fully saturated rings. The predicted molar refractivity (Wildman–Crippen MR) is 75.7 cm³/mol. The summed E-state index contributed by atoms with van der Waals surface area (Å²) in [4.78, 5) is 0. The van der Waals surface area contributed by atoms with E-state index in [-0.39, 0.29) is 0 Å². The lowest BCUT2D eigenvalue weighted by Crippen LogP contribution is -1.91. The summed E-state index contributed by atoms with van der Waals surface area (Å²) in [7, 11) is 0.